The number of para-hydroxylation sites is 1. The Labute approximate surface area is 122 Å². The van der Waals surface area contributed by atoms with Gasteiger partial charge in [0.1, 0.15) is 0 Å². The zero-order valence-corrected chi connectivity index (χ0v) is 11.4. The summed E-state index contributed by atoms with van der Waals surface area (Å²) < 4.78 is 0. The number of hydrogen-bond acceptors (Lipinski definition) is 1. The molecule has 1 aliphatic heterocycles. The molecule has 98 valence electrons. The molecule has 0 aromatic heterocycles. The summed E-state index contributed by atoms with van der Waals surface area (Å²) in [5.41, 5.74) is 5.00. The highest BCUT2D eigenvalue weighted by atomic mass is 14.9. The van der Waals surface area contributed by atoms with Crippen LogP contribution in [0.1, 0.15) is 0 Å². The molecule has 1 heterocycles. The van der Waals surface area contributed by atoms with E-state index in [2.05, 4.69) is 78.1 Å². The zero-order valence-electron chi connectivity index (χ0n) is 11.4. The number of nitrogens with one attached hydrogen (secondary N) is 1. The predicted molar refractivity (Wildman–Crippen MR) is 90.2 cm³/mol. The summed E-state index contributed by atoms with van der Waals surface area (Å²) in [4.78, 5) is 0. The third-order valence-electron chi connectivity index (χ3n) is 4.37. The van der Waals surface area contributed by atoms with Gasteiger partial charge in [-0.05, 0) is 33.9 Å². The van der Waals surface area contributed by atoms with Gasteiger partial charge in [-0.3, -0.25) is 0 Å². The molecule has 1 heteroatoms. The van der Waals surface area contributed by atoms with E-state index >= 15 is 0 Å². The lowest BCUT2D eigenvalue weighted by atomic mass is 9.90. The van der Waals surface area contributed by atoms with Crippen molar-refractivity contribution in [2.45, 2.75) is 0 Å². The average Bonchev–Trinajstić information content (AvgIpc) is 2.55. The second-order valence-electron chi connectivity index (χ2n) is 5.54. The first kappa shape index (κ1) is 10.9. The molecule has 0 amide bonds. The van der Waals surface area contributed by atoms with E-state index in [0.717, 1.165) is 0 Å². The lowest BCUT2D eigenvalue weighted by Gasteiger charge is -2.23. The highest BCUT2D eigenvalue weighted by molar-refractivity contribution is 6.20. The van der Waals surface area contributed by atoms with Gasteiger partial charge in [-0.15, -0.1) is 0 Å². The van der Waals surface area contributed by atoms with E-state index in [1.807, 2.05) is 0 Å². The third kappa shape index (κ3) is 1.40. The first-order valence-corrected chi connectivity index (χ1v) is 7.23. The molecule has 0 radical (unpaired) electrons. The van der Waals surface area contributed by atoms with Gasteiger partial charge in [-0.2, -0.15) is 0 Å². The van der Waals surface area contributed by atoms with Gasteiger partial charge in [0.2, 0.25) is 0 Å². The van der Waals surface area contributed by atoms with Gasteiger partial charge in [0.25, 0.3) is 0 Å². The van der Waals surface area contributed by atoms with Crippen LogP contribution >= 0.6 is 0 Å². The molecule has 0 unspecified atom stereocenters. The Morgan fingerprint density at radius 2 is 1.33 bits per heavy atom. The lowest BCUT2D eigenvalue weighted by Crippen LogP contribution is -2.01. The van der Waals surface area contributed by atoms with Crippen molar-refractivity contribution in [1.82, 2.24) is 0 Å². The number of hydrogen-bond donors (Lipinski definition) is 1. The van der Waals surface area contributed by atoms with Gasteiger partial charge >= 0.3 is 0 Å². The van der Waals surface area contributed by atoms with E-state index in [4.69, 9.17) is 0 Å². The largest absolute Gasteiger partial charge is 0.354 e. The minimum Gasteiger partial charge on any atom is -0.354 e. The summed E-state index contributed by atoms with van der Waals surface area (Å²) in [5.74, 6) is 0. The van der Waals surface area contributed by atoms with Crippen LogP contribution in [0.3, 0.4) is 0 Å². The molecule has 1 N–H and O–H groups in total. The first-order chi connectivity index (χ1) is 10.4. The Morgan fingerprint density at radius 1 is 0.571 bits per heavy atom. The van der Waals surface area contributed by atoms with Crippen molar-refractivity contribution >= 4 is 32.9 Å². The molecule has 0 saturated heterocycles. The van der Waals surface area contributed by atoms with Crippen LogP contribution in [0.5, 0.6) is 0 Å². The second-order valence-corrected chi connectivity index (χ2v) is 5.54. The molecule has 0 spiro atoms. The number of benzene rings is 4. The number of rotatable bonds is 0. The van der Waals surface area contributed by atoms with Crippen LogP contribution in [0.15, 0.2) is 72.8 Å². The third-order valence-corrected chi connectivity index (χ3v) is 4.37. The predicted octanol–water partition coefficient (Wildman–Crippen LogP) is 5.72. The van der Waals surface area contributed by atoms with Gasteiger partial charge in [0.05, 0.1) is 0 Å². The Bertz CT molecular complexity index is 1010. The molecule has 4 aromatic rings. The fourth-order valence-corrected chi connectivity index (χ4v) is 3.46. The van der Waals surface area contributed by atoms with Crippen molar-refractivity contribution in [1.29, 1.82) is 0 Å². The van der Waals surface area contributed by atoms with E-state index in [1.54, 1.807) is 0 Å². The maximum atomic E-state index is 3.60. The minimum atomic E-state index is 1.19. The van der Waals surface area contributed by atoms with Gasteiger partial charge in [0.15, 0.2) is 0 Å². The van der Waals surface area contributed by atoms with Crippen molar-refractivity contribution in [2.24, 2.45) is 0 Å². The molecule has 0 atom stereocenters. The van der Waals surface area contributed by atoms with Gasteiger partial charge in [0, 0.05) is 22.3 Å². The molecule has 0 bridgehead atoms. The summed E-state index contributed by atoms with van der Waals surface area (Å²) in [7, 11) is 0. The fourth-order valence-electron chi connectivity index (χ4n) is 3.46. The minimum absolute atomic E-state index is 1.19. The summed E-state index contributed by atoms with van der Waals surface area (Å²) >= 11 is 0. The maximum absolute atomic E-state index is 3.60. The molecule has 0 saturated carbocycles. The molecular weight excluding hydrogens is 254 g/mol. The van der Waals surface area contributed by atoms with E-state index in [-0.39, 0.29) is 0 Å². The molecule has 4 aromatic carbocycles. The molecule has 0 aliphatic carbocycles. The second kappa shape index (κ2) is 3.86. The van der Waals surface area contributed by atoms with Crippen LogP contribution in [-0.4, -0.2) is 0 Å². The summed E-state index contributed by atoms with van der Waals surface area (Å²) in [6.45, 7) is 0. The zero-order chi connectivity index (χ0) is 13.8. The fraction of sp³-hybridized carbons (Fsp3) is 0. The topological polar surface area (TPSA) is 12.0 Å². The molecular formula is C20H13N. The normalized spacial score (nSPS) is 12.2. The molecule has 1 aliphatic rings. The Hall–Kier alpha value is -2.80. The molecule has 0 fully saturated rings. The van der Waals surface area contributed by atoms with E-state index in [1.165, 1.54) is 44.0 Å². The van der Waals surface area contributed by atoms with E-state index in [0.29, 0.717) is 0 Å². The van der Waals surface area contributed by atoms with Crippen molar-refractivity contribution in [3.05, 3.63) is 72.8 Å². The monoisotopic (exact) mass is 267 g/mol. The van der Waals surface area contributed by atoms with Crippen LogP contribution in [-0.2, 0) is 0 Å². The van der Waals surface area contributed by atoms with Crippen LogP contribution in [0, 0.1) is 0 Å². The van der Waals surface area contributed by atoms with Gasteiger partial charge in [-0.1, -0.05) is 60.7 Å². The molecule has 1 nitrogen and oxygen atoms in total. The Morgan fingerprint density at radius 3 is 2.33 bits per heavy atom. The SMILES string of the molecule is c1ccc2c(c1)Nc1cc3ccccc3c3cccc-2c13. The van der Waals surface area contributed by atoms with Crippen LogP contribution in [0.25, 0.3) is 32.7 Å². The highest BCUT2D eigenvalue weighted by Gasteiger charge is 2.18. The number of anilines is 2. The summed E-state index contributed by atoms with van der Waals surface area (Å²) in [6.07, 6.45) is 0. The van der Waals surface area contributed by atoms with Crippen molar-refractivity contribution < 1.29 is 0 Å². The van der Waals surface area contributed by atoms with Crippen LogP contribution in [0.2, 0.25) is 0 Å². The van der Waals surface area contributed by atoms with Crippen molar-refractivity contribution in [2.75, 3.05) is 5.32 Å². The summed E-state index contributed by atoms with van der Waals surface area (Å²) in [5, 5.41) is 8.85. The molecule has 21 heavy (non-hydrogen) atoms. The maximum Gasteiger partial charge on any atom is 0.0476 e. The number of fused-ring (bicyclic) bond motifs is 4. The Kier molecular flexibility index (Phi) is 2.01. The highest BCUT2D eigenvalue weighted by Crippen LogP contribution is 2.45. The first-order valence-electron chi connectivity index (χ1n) is 7.23. The van der Waals surface area contributed by atoms with Crippen LogP contribution in [0.4, 0.5) is 11.4 Å². The smallest absolute Gasteiger partial charge is 0.0476 e. The van der Waals surface area contributed by atoms with E-state index < -0.39 is 0 Å². The Balaban J connectivity index is 2.04. The summed E-state index contributed by atoms with van der Waals surface area (Å²) in [6, 6.07) is 26.0. The average molecular weight is 267 g/mol. The van der Waals surface area contributed by atoms with Gasteiger partial charge < -0.3 is 5.32 Å². The van der Waals surface area contributed by atoms with Gasteiger partial charge in [-0.25, -0.2) is 0 Å². The van der Waals surface area contributed by atoms with Crippen molar-refractivity contribution in [3.8, 4) is 11.1 Å². The quantitative estimate of drug-likeness (QED) is 0.354. The van der Waals surface area contributed by atoms with Crippen LogP contribution < -0.4 is 5.32 Å². The van der Waals surface area contributed by atoms with E-state index in [9.17, 15) is 0 Å². The molecule has 5 rings (SSSR count). The standard InChI is InChI=1S/C20H13N/c1-2-7-14-13(6-1)12-19-20-16(14)9-5-10-17(20)15-8-3-4-11-18(15)21-19/h1-12,21H. The lowest BCUT2D eigenvalue weighted by molar-refractivity contribution is 1.54. The van der Waals surface area contributed by atoms with Crippen molar-refractivity contribution in [3.63, 3.8) is 0 Å².